The summed E-state index contributed by atoms with van der Waals surface area (Å²) in [6.45, 7) is 2.97. The minimum atomic E-state index is 0.301. The number of nitrogens with one attached hydrogen (secondary N) is 1. The number of amidine groups is 1. The van der Waals surface area contributed by atoms with Crippen molar-refractivity contribution in [3.05, 3.63) is 29.8 Å². The van der Waals surface area contributed by atoms with E-state index in [0.29, 0.717) is 12.3 Å². The first kappa shape index (κ1) is 12.4. The summed E-state index contributed by atoms with van der Waals surface area (Å²) in [7, 11) is 0. The molecule has 0 amide bonds. The number of nitrogens with zero attached hydrogens (tertiary/aromatic N) is 1. The third-order valence-corrected chi connectivity index (χ3v) is 2.37. The molecule has 1 aromatic rings. The normalized spacial score (nSPS) is 11.4. The van der Waals surface area contributed by atoms with Crippen molar-refractivity contribution in [3.63, 3.8) is 0 Å². The molecule has 4 nitrogen and oxygen atoms in total. The molecule has 0 aliphatic carbocycles. The summed E-state index contributed by atoms with van der Waals surface area (Å²) >= 11 is 0. The van der Waals surface area contributed by atoms with Gasteiger partial charge in [0.15, 0.2) is 0 Å². The standard InChI is InChI=1S/C12H19N3O/c1-10-5-7-11(8-6-10)14-9-3-2-4-12(13)15-16/h5-8,14,16H,2-4,9H2,1H3,(H2,13,15). The molecule has 88 valence electrons. The van der Waals surface area contributed by atoms with Crippen molar-refractivity contribution in [1.29, 1.82) is 0 Å². The lowest BCUT2D eigenvalue weighted by atomic mass is 10.2. The van der Waals surface area contributed by atoms with Crippen LogP contribution in [-0.2, 0) is 0 Å². The Hall–Kier alpha value is -1.71. The van der Waals surface area contributed by atoms with Crippen LogP contribution < -0.4 is 11.1 Å². The number of rotatable bonds is 6. The molecule has 0 unspecified atom stereocenters. The van der Waals surface area contributed by atoms with Crippen LogP contribution in [0, 0.1) is 6.92 Å². The van der Waals surface area contributed by atoms with Crippen LogP contribution in [-0.4, -0.2) is 17.6 Å². The molecule has 16 heavy (non-hydrogen) atoms. The predicted molar refractivity (Wildman–Crippen MR) is 66.9 cm³/mol. The van der Waals surface area contributed by atoms with Crippen molar-refractivity contribution in [2.24, 2.45) is 10.9 Å². The molecule has 4 N–H and O–H groups in total. The van der Waals surface area contributed by atoms with Crippen LogP contribution in [0.15, 0.2) is 29.4 Å². The van der Waals surface area contributed by atoms with E-state index in [4.69, 9.17) is 10.9 Å². The molecule has 0 saturated heterocycles. The third kappa shape index (κ3) is 4.68. The van der Waals surface area contributed by atoms with E-state index >= 15 is 0 Å². The van der Waals surface area contributed by atoms with Crippen LogP contribution in [0.25, 0.3) is 0 Å². The van der Waals surface area contributed by atoms with Crippen LogP contribution >= 0.6 is 0 Å². The van der Waals surface area contributed by atoms with Gasteiger partial charge in [0.1, 0.15) is 5.84 Å². The molecule has 0 aliphatic rings. The van der Waals surface area contributed by atoms with Gasteiger partial charge in [-0.05, 0) is 31.9 Å². The van der Waals surface area contributed by atoms with E-state index in [9.17, 15) is 0 Å². The van der Waals surface area contributed by atoms with Crippen molar-refractivity contribution < 1.29 is 5.21 Å². The van der Waals surface area contributed by atoms with E-state index in [0.717, 1.165) is 25.1 Å². The topological polar surface area (TPSA) is 70.6 Å². The SMILES string of the molecule is Cc1ccc(NCCCCC(N)=NO)cc1. The highest BCUT2D eigenvalue weighted by Gasteiger charge is 1.94. The maximum atomic E-state index is 8.34. The number of hydrogen-bond acceptors (Lipinski definition) is 3. The van der Waals surface area contributed by atoms with Gasteiger partial charge in [0.25, 0.3) is 0 Å². The van der Waals surface area contributed by atoms with Gasteiger partial charge in [-0.3, -0.25) is 0 Å². The molecule has 0 saturated carbocycles. The van der Waals surface area contributed by atoms with Gasteiger partial charge in [-0.2, -0.15) is 0 Å². The number of hydrogen-bond donors (Lipinski definition) is 3. The lowest BCUT2D eigenvalue weighted by Gasteiger charge is -2.06. The highest BCUT2D eigenvalue weighted by Crippen LogP contribution is 2.08. The van der Waals surface area contributed by atoms with Crippen molar-refractivity contribution in [3.8, 4) is 0 Å². The van der Waals surface area contributed by atoms with E-state index in [1.54, 1.807) is 0 Å². The Morgan fingerprint density at radius 3 is 2.62 bits per heavy atom. The summed E-state index contributed by atoms with van der Waals surface area (Å²) in [5, 5.41) is 14.6. The van der Waals surface area contributed by atoms with Gasteiger partial charge in [-0.15, -0.1) is 0 Å². The van der Waals surface area contributed by atoms with Gasteiger partial charge in [-0.25, -0.2) is 0 Å². The number of benzene rings is 1. The molecular weight excluding hydrogens is 202 g/mol. The fourth-order valence-electron chi connectivity index (χ4n) is 1.39. The second-order valence-electron chi connectivity index (χ2n) is 3.84. The van der Waals surface area contributed by atoms with Crippen molar-refractivity contribution in [2.45, 2.75) is 26.2 Å². The maximum absolute atomic E-state index is 8.34. The fraction of sp³-hybridized carbons (Fsp3) is 0.417. The Morgan fingerprint density at radius 1 is 1.31 bits per heavy atom. The van der Waals surface area contributed by atoms with Crippen LogP contribution in [0.1, 0.15) is 24.8 Å². The van der Waals surface area contributed by atoms with Crippen LogP contribution in [0.4, 0.5) is 5.69 Å². The molecule has 0 heterocycles. The van der Waals surface area contributed by atoms with E-state index in [1.807, 2.05) is 0 Å². The minimum absolute atomic E-state index is 0.301. The molecule has 0 aliphatic heterocycles. The second-order valence-corrected chi connectivity index (χ2v) is 3.84. The first-order chi connectivity index (χ1) is 7.72. The molecule has 0 fully saturated rings. The zero-order valence-corrected chi connectivity index (χ0v) is 9.61. The minimum Gasteiger partial charge on any atom is -0.409 e. The van der Waals surface area contributed by atoms with E-state index in [-0.39, 0.29) is 0 Å². The molecule has 1 aromatic carbocycles. The average Bonchev–Trinajstić information content (AvgIpc) is 2.31. The predicted octanol–water partition coefficient (Wildman–Crippen LogP) is 2.32. The van der Waals surface area contributed by atoms with Gasteiger partial charge in [0.2, 0.25) is 0 Å². The number of oxime groups is 1. The van der Waals surface area contributed by atoms with Crippen molar-refractivity contribution in [1.82, 2.24) is 0 Å². The van der Waals surface area contributed by atoms with Crippen LogP contribution in [0.5, 0.6) is 0 Å². The van der Waals surface area contributed by atoms with E-state index < -0.39 is 0 Å². The van der Waals surface area contributed by atoms with Crippen LogP contribution in [0.3, 0.4) is 0 Å². The molecule has 1 rings (SSSR count). The van der Waals surface area contributed by atoms with E-state index in [1.165, 1.54) is 5.56 Å². The van der Waals surface area contributed by atoms with Gasteiger partial charge in [0, 0.05) is 18.7 Å². The molecule has 0 aromatic heterocycles. The Morgan fingerprint density at radius 2 is 2.00 bits per heavy atom. The number of nitrogens with two attached hydrogens (primary N) is 1. The Balaban J connectivity index is 2.14. The summed E-state index contributed by atoms with van der Waals surface area (Å²) in [4.78, 5) is 0. The smallest absolute Gasteiger partial charge is 0.139 e. The number of anilines is 1. The highest BCUT2D eigenvalue weighted by atomic mass is 16.4. The average molecular weight is 221 g/mol. The highest BCUT2D eigenvalue weighted by molar-refractivity contribution is 5.79. The number of unbranched alkanes of at least 4 members (excludes halogenated alkanes) is 1. The largest absolute Gasteiger partial charge is 0.409 e. The Labute approximate surface area is 96.2 Å². The molecule has 0 bridgehead atoms. The Kier molecular flexibility index (Phi) is 5.19. The van der Waals surface area contributed by atoms with Gasteiger partial charge >= 0.3 is 0 Å². The first-order valence-electron chi connectivity index (χ1n) is 5.49. The zero-order valence-electron chi connectivity index (χ0n) is 9.61. The zero-order chi connectivity index (χ0) is 11.8. The molecule has 0 atom stereocenters. The second kappa shape index (κ2) is 6.71. The molecule has 0 radical (unpaired) electrons. The third-order valence-electron chi connectivity index (χ3n) is 2.37. The molecule has 4 heteroatoms. The summed E-state index contributed by atoms with van der Waals surface area (Å²) < 4.78 is 0. The van der Waals surface area contributed by atoms with E-state index in [2.05, 4.69) is 41.7 Å². The fourth-order valence-corrected chi connectivity index (χ4v) is 1.39. The van der Waals surface area contributed by atoms with Gasteiger partial charge in [-0.1, -0.05) is 22.9 Å². The Bertz CT molecular complexity index is 333. The quantitative estimate of drug-likeness (QED) is 0.227. The molecular formula is C12H19N3O. The number of aryl methyl sites for hydroxylation is 1. The van der Waals surface area contributed by atoms with Crippen LogP contribution in [0.2, 0.25) is 0 Å². The van der Waals surface area contributed by atoms with Crippen molar-refractivity contribution >= 4 is 11.5 Å². The lowest BCUT2D eigenvalue weighted by Crippen LogP contribution is -2.11. The molecule has 0 spiro atoms. The maximum Gasteiger partial charge on any atom is 0.139 e. The van der Waals surface area contributed by atoms with Gasteiger partial charge < -0.3 is 16.3 Å². The first-order valence-corrected chi connectivity index (χ1v) is 5.49. The van der Waals surface area contributed by atoms with Crippen molar-refractivity contribution in [2.75, 3.05) is 11.9 Å². The summed E-state index contributed by atoms with van der Waals surface area (Å²) in [5.74, 6) is 0.301. The summed E-state index contributed by atoms with van der Waals surface area (Å²) in [6, 6.07) is 8.30. The summed E-state index contributed by atoms with van der Waals surface area (Å²) in [6.07, 6.45) is 2.57. The monoisotopic (exact) mass is 221 g/mol. The lowest BCUT2D eigenvalue weighted by molar-refractivity contribution is 0.316. The summed E-state index contributed by atoms with van der Waals surface area (Å²) in [5.41, 5.74) is 7.76. The van der Waals surface area contributed by atoms with Gasteiger partial charge in [0.05, 0.1) is 0 Å².